The third-order valence-corrected chi connectivity index (χ3v) is 8.56. The average Bonchev–Trinajstić information content (AvgIpc) is 2.99. The van der Waals surface area contributed by atoms with Gasteiger partial charge in [0.05, 0.1) is 32.1 Å². The number of β-amino-alcohol motifs (C(OH)–C–C–N with tert-alkyl or cyclic N) is 2. The van der Waals surface area contributed by atoms with Crippen LogP contribution in [0.15, 0.2) is 12.3 Å². The van der Waals surface area contributed by atoms with Crippen LogP contribution in [-0.4, -0.2) is 179 Å². The number of pyridine rings is 1. The van der Waals surface area contributed by atoms with E-state index in [1.165, 1.54) is 11.3 Å². The molecule has 0 aromatic carbocycles. The molecule has 1 aromatic rings. The van der Waals surface area contributed by atoms with Crippen molar-refractivity contribution in [3.63, 3.8) is 0 Å². The van der Waals surface area contributed by atoms with Crippen LogP contribution < -0.4 is 9.80 Å². The lowest BCUT2D eigenvalue weighted by atomic mass is 10.2. The SMILES string of the molecule is Cc1cnc2c(c1)N(CCOCCCN1CCN(CCO)CC1)CCN2CCOCCCN1CCN(CCO)CC1. The van der Waals surface area contributed by atoms with Crippen molar-refractivity contribution < 1.29 is 19.7 Å². The number of ether oxygens (including phenoxy) is 2. The van der Waals surface area contributed by atoms with Crippen LogP contribution in [0.25, 0.3) is 0 Å². The predicted octanol–water partition coefficient (Wildman–Crippen LogP) is 0.0496. The molecule has 0 radical (unpaired) electrons. The van der Waals surface area contributed by atoms with Crippen molar-refractivity contribution in [2.75, 3.05) is 154 Å². The molecule has 4 heterocycles. The summed E-state index contributed by atoms with van der Waals surface area (Å²) in [6.45, 7) is 21.6. The molecule has 3 aliphatic rings. The minimum atomic E-state index is 0.254. The fraction of sp³-hybridized carbons (Fsp3) is 0.833. The van der Waals surface area contributed by atoms with Crippen LogP contribution in [0.3, 0.4) is 0 Å². The summed E-state index contributed by atoms with van der Waals surface area (Å²) in [6.07, 6.45) is 4.09. The summed E-state index contributed by atoms with van der Waals surface area (Å²) in [7, 11) is 0. The molecule has 4 rings (SSSR count). The van der Waals surface area contributed by atoms with E-state index in [-0.39, 0.29) is 13.2 Å². The van der Waals surface area contributed by atoms with Gasteiger partial charge in [0.1, 0.15) is 0 Å². The van der Waals surface area contributed by atoms with Crippen LogP contribution in [0.1, 0.15) is 18.4 Å². The summed E-state index contributed by atoms with van der Waals surface area (Å²) < 4.78 is 12.1. The molecule has 0 unspecified atom stereocenters. The zero-order chi connectivity index (χ0) is 28.7. The Bertz CT molecular complexity index is 850. The van der Waals surface area contributed by atoms with Crippen LogP contribution in [-0.2, 0) is 9.47 Å². The van der Waals surface area contributed by atoms with Gasteiger partial charge in [-0.2, -0.15) is 0 Å². The molecule has 11 nitrogen and oxygen atoms in total. The molecule has 0 saturated carbocycles. The van der Waals surface area contributed by atoms with Crippen LogP contribution >= 0.6 is 0 Å². The van der Waals surface area contributed by atoms with E-state index < -0.39 is 0 Å². The fourth-order valence-electron chi connectivity index (χ4n) is 6.03. The molecule has 11 heteroatoms. The van der Waals surface area contributed by atoms with Crippen LogP contribution in [0.4, 0.5) is 11.5 Å². The molecule has 3 aliphatic heterocycles. The Hall–Kier alpha value is -1.57. The first kappa shape index (κ1) is 32.3. The standard InChI is InChI=1S/C30H55N7O4/c1-28-26-29-30(31-27-28)37(19-25-41-23-3-5-33-8-12-35(13-9-33)17-21-39)15-14-36(29)18-24-40-22-2-4-32-6-10-34(11-7-32)16-20-38/h26-27,38-39H,2-25H2,1H3. The monoisotopic (exact) mass is 577 g/mol. The van der Waals surface area contributed by atoms with E-state index in [4.69, 9.17) is 24.7 Å². The van der Waals surface area contributed by atoms with Gasteiger partial charge in [0.15, 0.2) is 5.82 Å². The summed E-state index contributed by atoms with van der Waals surface area (Å²) in [5.74, 6) is 1.06. The number of aliphatic hydroxyl groups excluding tert-OH is 2. The molecule has 2 N–H and O–H groups in total. The molecule has 2 saturated heterocycles. The number of rotatable bonds is 18. The van der Waals surface area contributed by atoms with Crippen molar-refractivity contribution in [2.24, 2.45) is 0 Å². The second-order valence-corrected chi connectivity index (χ2v) is 11.6. The third kappa shape index (κ3) is 10.9. The smallest absolute Gasteiger partial charge is 0.152 e. The van der Waals surface area contributed by atoms with Crippen molar-refractivity contribution in [3.8, 4) is 0 Å². The third-order valence-electron chi connectivity index (χ3n) is 8.56. The van der Waals surface area contributed by atoms with E-state index in [2.05, 4.69) is 42.4 Å². The normalized spacial score (nSPS) is 19.7. The van der Waals surface area contributed by atoms with E-state index in [9.17, 15) is 0 Å². The number of fused-ring (bicyclic) bond motifs is 1. The zero-order valence-corrected chi connectivity index (χ0v) is 25.5. The van der Waals surface area contributed by atoms with Gasteiger partial charge in [-0.05, 0) is 31.4 Å². The first-order valence-electron chi connectivity index (χ1n) is 15.9. The highest BCUT2D eigenvalue weighted by Gasteiger charge is 2.24. The van der Waals surface area contributed by atoms with E-state index in [0.717, 1.165) is 150 Å². The molecule has 41 heavy (non-hydrogen) atoms. The Labute approximate surface area is 247 Å². The van der Waals surface area contributed by atoms with Gasteiger partial charge in [-0.15, -0.1) is 0 Å². The number of hydrogen-bond acceptors (Lipinski definition) is 11. The molecule has 0 spiro atoms. The van der Waals surface area contributed by atoms with Crippen molar-refractivity contribution in [2.45, 2.75) is 19.8 Å². The van der Waals surface area contributed by atoms with Crippen molar-refractivity contribution >= 4 is 11.5 Å². The Morgan fingerprint density at radius 1 is 0.610 bits per heavy atom. The molecule has 234 valence electrons. The van der Waals surface area contributed by atoms with Crippen molar-refractivity contribution in [3.05, 3.63) is 17.8 Å². The van der Waals surface area contributed by atoms with Gasteiger partial charge < -0.3 is 39.3 Å². The van der Waals surface area contributed by atoms with Gasteiger partial charge >= 0.3 is 0 Å². The zero-order valence-electron chi connectivity index (χ0n) is 25.5. The number of piperazine rings is 2. The average molecular weight is 578 g/mol. The molecule has 0 atom stereocenters. The Morgan fingerprint density at radius 3 is 1.59 bits per heavy atom. The first-order chi connectivity index (χ1) is 20.2. The van der Waals surface area contributed by atoms with Crippen LogP contribution in [0.5, 0.6) is 0 Å². The summed E-state index contributed by atoms with van der Waals surface area (Å²) >= 11 is 0. The van der Waals surface area contributed by atoms with Crippen molar-refractivity contribution in [1.82, 2.24) is 24.6 Å². The summed E-state index contributed by atoms with van der Waals surface area (Å²) in [5, 5.41) is 18.2. The van der Waals surface area contributed by atoms with E-state index in [1.807, 2.05) is 6.20 Å². The largest absolute Gasteiger partial charge is 0.395 e. The lowest BCUT2D eigenvalue weighted by Gasteiger charge is -2.38. The second kappa shape index (κ2) is 18.2. The molecular weight excluding hydrogens is 522 g/mol. The lowest BCUT2D eigenvalue weighted by Crippen LogP contribution is -2.47. The number of hydrogen-bond donors (Lipinski definition) is 2. The highest BCUT2D eigenvalue weighted by molar-refractivity contribution is 5.70. The number of aromatic nitrogens is 1. The van der Waals surface area contributed by atoms with E-state index in [1.54, 1.807) is 0 Å². The maximum atomic E-state index is 9.10. The molecule has 0 aliphatic carbocycles. The highest BCUT2D eigenvalue weighted by Crippen LogP contribution is 2.31. The van der Waals surface area contributed by atoms with Gasteiger partial charge in [-0.1, -0.05) is 0 Å². The maximum Gasteiger partial charge on any atom is 0.152 e. The lowest BCUT2D eigenvalue weighted by molar-refractivity contribution is 0.0926. The maximum absolute atomic E-state index is 9.10. The molecule has 0 amide bonds. The molecule has 2 fully saturated rings. The Kier molecular flexibility index (Phi) is 14.3. The van der Waals surface area contributed by atoms with Gasteiger partial charge in [-0.25, -0.2) is 4.98 Å². The molecule has 1 aromatic heterocycles. The minimum absolute atomic E-state index is 0.254. The summed E-state index contributed by atoms with van der Waals surface area (Å²) in [4.78, 5) is 19.3. The van der Waals surface area contributed by atoms with Gasteiger partial charge in [-0.3, -0.25) is 9.80 Å². The van der Waals surface area contributed by atoms with E-state index >= 15 is 0 Å². The number of aliphatic hydroxyl groups is 2. The van der Waals surface area contributed by atoms with Crippen LogP contribution in [0.2, 0.25) is 0 Å². The second-order valence-electron chi connectivity index (χ2n) is 11.6. The van der Waals surface area contributed by atoms with Gasteiger partial charge in [0.2, 0.25) is 0 Å². The molecule has 0 bridgehead atoms. The van der Waals surface area contributed by atoms with Gasteiger partial charge in [0, 0.05) is 124 Å². The Balaban J connectivity index is 1.08. The number of aryl methyl sites for hydroxylation is 1. The van der Waals surface area contributed by atoms with Gasteiger partial charge in [0.25, 0.3) is 0 Å². The van der Waals surface area contributed by atoms with E-state index in [0.29, 0.717) is 0 Å². The van der Waals surface area contributed by atoms with Crippen LogP contribution in [0, 0.1) is 6.92 Å². The molecular formula is C30H55N7O4. The Morgan fingerprint density at radius 2 is 1.07 bits per heavy atom. The summed E-state index contributed by atoms with van der Waals surface area (Å²) in [6, 6.07) is 2.26. The topological polar surface area (TPSA) is 91.2 Å². The predicted molar refractivity (Wildman–Crippen MR) is 164 cm³/mol. The van der Waals surface area contributed by atoms with Crippen molar-refractivity contribution in [1.29, 1.82) is 0 Å². The number of anilines is 2. The number of nitrogens with zero attached hydrogens (tertiary/aromatic N) is 7. The first-order valence-corrected chi connectivity index (χ1v) is 15.9. The minimum Gasteiger partial charge on any atom is -0.395 e. The fourth-order valence-corrected chi connectivity index (χ4v) is 6.03. The quantitative estimate of drug-likeness (QED) is 0.232. The summed E-state index contributed by atoms with van der Waals surface area (Å²) in [5.41, 5.74) is 2.39. The highest BCUT2D eigenvalue weighted by atomic mass is 16.5.